The van der Waals surface area contributed by atoms with Crippen molar-refractivity contribution < 1.29 is 16.8 Å². The molecule has 0 bridgehead atoms. The monoisotopic (exact) mass is 359 g/mol. The summed E-state index contributed by atoms with van der Waals surface area (Å²) in [6.45, 7) is 0. The van der Waals surface area contributed by atoms with Crippen LogP contribution in [0.15, 0.2) is 21.9 Å². The lowest BCUT2D eigenvalue weighted by molar-refractivity contribution is 0.411. The van der Waals surface area contributed by atoms with E-state index in [1.807, 2.05) is 0 Å². The van der Waals surface area contributed by atoms with E-state index >= 15 is 0 Å². The van der Waals surface area contributed by atoms with Crippen LogP contribution in [0.1, 0.15) is 0 Å². The fourth-order valence-corrected chi connectivity index (χ4v) is 4.78. The molecular weight excluding hydrogens is 349 g/mol. The van der Waals surface area contributed by atoms with Crippen molar-refractivity contribution in [1.82, 2.24) is 4.31 Å². The van der Waals surface area contributed by atoms with E-state index in [9.17, 15) is 16.8 Å². The fraction of sp³-hybridized carbons (Fsp3) is 0.333. The standard InChI is InChI=1S/C9H11Cl2N3O4S2/c1-14-9(4-10)13-6-2-5(11)7(19(12,15)16)3-8(6)20(14,17)18/h2-3,9,13H,4H2,1H3,(H2,12,15,16)/t9-/m1/s1. The van der Waals surface area contributed by atoms with E-state index in [4.69, 9.17) is 28.3 Å². The number of halogens is 2. The summed E-state index contributed by atoms with van der Waals surface area (Å²) >= 11 is 11.5. The second-order valence-corrected chi connectivity index (χ2v) is 8.37. The summed E-state index contributed by atoms with van der Waals surface area (Å²) in [5, 5.41) is 7.71. The number of alkyl halides is 1. The van der Waals surface area contributed by atoms with Gasteiger partial charge in [0.05, 0.1) is 16.6 Å². The summed E-state index contributed by atoms with van der Waals surface area (Å²) in [7, 11) is -6.66. The minimum atomic E-state index is -4.12. The smallest absolute Gasteiger partial charge is 0.246 e. The zero-order valence-electron chi connectivity index (χ0n) is 10.2. The van der Waals surface area contributed by atoms with E-state index in [0.29, 0.717) is 0 Å². The molecule has 2 rings (SSSR count). The van der Waals surface area contributed by atoms with Gasteiger partial charge in [0.2, 0.25) is 20.0 Å². The summed E-state index contributed by atoms with van der Waals surface area (Å²) in [6.07, 6.45) is -0.648. The number of hydrogen-bond donors (Lipinski definition) is 2. The second-order valence-electron chi connectivity index (χ2n) is 4.16. The molecule has 0 fully saturated rings. The Balaban J connectivity index is 2.75. The summed E-state index contributed by atoms with van der Waals surface area (Å²) in [4.78, 5) is -0.657. The molecule has 11 heteroatoms. The third kappa shape index (κ3) is 2.49. The van der Waals surface area contributed by atoms with E-state index < -0.39 is 31.1 Å². The quantitative estimate of drug-likeness (QED) is 0.751. The number of nitrogens with one attached hydrogen (secondary N) is 1. The van der Waals surface area contributed by atoms with Crippen molar-refractivity contribution in [2.45, 2.75) is 16.0 Å². The Labute approximate surface area is 126 Å². The first-order chi connectivity index (χ1) is 9.09. The number of rotatable bonds is 2. The van der Waals surface area contributed by atoms with Crippen LogP contribution < -0.4 is 10.5 Å². The molecule has 1 heterocycles. The summed E-state index contributed by atoms with van der Waals surface area (Å²) < 4.78 is 48.4. The minimum absolute atomic E-state index is 0.0176. The van der Waals surface area contributed by atoms with Gasteiger partial charge >= 0.3 is 0 Å². The minimum Gasteiger partial charge on any atom is -0.367 e. The normalized spacial score (nSPS) is 22.1. The highest BCUT2D eigenvalue weighted by Gasteiger charge is 2.36. The van der Waals surface area contributed by atoms with Crippen molar-refractivity contribution in [3.63, 3.8) is 0 Å². The molecule has 0 amide bonds. The lowest BCUT2D eigenvalue weighted by Crippen LogP contribution is -2.47. The van der Waals surface area contributed by atoms with Crippen LogP contribution >= 0.6 is 23.2 Å². The average molecular weight is 360 g/mol. The molecule has 1 aromatic carbocycles. The number of nitrogens with two attached hydrogens (primary N) is 1. The molecule has 20 heavy (non-hydrogen) atoms. The van der Waals surface area contributed by atoms with E-state index in [1.165, 1.54) is 13.1 Å². The number of primary sulfonamides is 1. The van der Waals surface area contributed by atoms with Crippen molar-refractivity contribution in [3.8, 4) is 0 Å². The van der Waals surface area contributed by atoms with Crippen molar-refractivity contribution in [2.75, 3.05) is 18.2 Å². The van der Waals surface area contributed by atoms with Crippen LogP contribution in [0, 0.1) is 0 Å². The van der Waals surface area contributed by atoms with Gasteiger partial charge in [-0.15, -0.1) is 11.6 Å². The lowest BCUT2D eigenvalue weighted by Gasteiger charge is -2.33. The molecule has 112 valence electrons. The molecular formula is C9H11Cl2N3O4S2. The molecule has 3 N–H and O–H groups in total. The summed E-state index contributed by atoms with van der Waals surface area (Å²) in [6, 6.07) is 2.15. The molecule has 0 unspecified atom stereocenters. The number of sulfonamides is 2. The maximum absolute atomic E-state index is 12.3. The van der Waals surface area contributed by atoms with E-state index in [1.54, 1.807) is 0 Å². The third-order valence-electron chi connectivity index (χ3n) is 2.90. The Hall–Kier alpha value is -0.580. The van der Waals surface area contributed by atoms with Crippen LogP contribution in [0.2, 0.25) is 5.02 Å². The Morgan fingerprint density at radius 2 is 2.05 bits per heavy atom. The zero-order chi connectivity index (χ0) is 15.3. The Bertz CT molecular complexity index is 764. The predicted molar refractivity (Wildman–Crippen MR) is 75.9 cm³/mol. The number of anilines is 1. The van der Waals surface area contributed by atoms with Crippen LogP contribution in [0.25, 0.3) is 0 Å². The number of benzene rings is 1. The van der Waals surface area contributed by atoms with Gasteiger partial charge in [0.1, 0.15) is 16.0 Å². The molecule has 0 saturated heterocycles. The highest BCUT2D eigenvalue weighted by Crippen LogP contribution is 2.36. The first-order valence-corrected chi connectivity index (χ1v) is 9.16. The zero-order valence-corrected chi connectivity index (χ0v) is 13.3. The maximum Gasteiger partial charge on any atom is 0.246 e. The average Bonchev–Trinajstić information content (AvgIpc) is 2.31. The summed E-state index contributed by atoms with van der Waals surface area (Å²) in [5.41, 5.74) is 0.186. The van der Waals surface area contributed by atoms with E-state index in [-0.39, 0.29) is 21.5 Å². The van der Waals surface area contributed by atoms with Gasteiger partial charge in [-0.25, -0.2) is 22.0 Å². The number of hydrogen-bond acceptors (Lipinski definition) is 5. The van der Waals surface area contributed by atoms with Crippen LogP contribution in [0.5, 0.6) is 0 Å². The Kier molecular flexibility index (Phi) is 3.95. The highest BCUT2D eigenvalue weighted by atomic mass is 35.5. The lowest BCUT2D eigenvalue weighted by atomic mass is 10.3. The molecule has 7 nitrogen and oxygen atoms in total. The first kappa shape index (κ1) is 15.8. The summed E-state index contributed by atoms with van der Waals surface area (Å²) in [5.74, 6) is 0.0176. The molecule has 0 spiro atoms. The van der Waals surface area contributed by atoms with Gasteiger partial charge < -0.3 is 5.32 Å². The van der Waals surface area contributed by atoms with Gasteiger partial charge in [-0.3, -0.25) is 0 Å². The third-order valence-corrected chi connectivity index (χ3v) is 6.48. The van der Waals surface area contributed by atoms with Gasteiger partial charge in [0, 0.05) is 7.05 Å². The van der Waals surface area contributed by atoms with Crippen LogP contribution in [0.4, 0.5) is 5.69 Å². The largest absolute Gasteiger partial charge is 0.367 e. The second kappa shape index (κ2) is 5.00. The maximum atomic E-state index is 12.3. The van der Waals surface area contributed by atoms with Crippen molar-refractivity contribution in [1.29, 1.82) is 0 Å². The van der Waals surface area contributed by atoms with Gasteiger partial charge in [-0.05, 0) is 12.1 Å². The molecule has 1 atom stereocenters. The predicted octanol–water partition coefficient (Wildman–Crippen LogP) is 0.598. The molecule has 1 aliphatic heterocycles. The molecule has 1 aliphatic rings. The van der Waals surface area contributed by atoms with Crippen molar-refractivity contribution in [3.05, 3.63) is 17.2 Å². The molecule has 0 radical (unpaired) electrons. The SMILES string of the molecule is CN1[C@H](CCl)Nc2cc(Cl)c(S(N)(=O)=O)cc2S1(=O)=O. The molecule has 0 aromatic heterocycles. The number of nitrogens with zero attached hydrogens (tertiary/aromatic N) is 1. The van der Waals surface area contributed by atoms with E-state index in [2.05, 4.69) is 5.32 Å². The Morgan fingerprint density at radius 1 is 1.45 bits per heavy atom. The van der Waals surface area contributed by atoms with Crippen LogP contribution in [-0.2, 0) is 20.0 Å². The molecule has 0 aliphatic carbocycles. The van der Waals surface area contributed by atoms with Crippen LogP contribution in [-0.4, -0.2) is 40.2 Å². The van der Waals surface area contributed by atoms with Crippen molar-refractivity contribution in [2.24, 2.45) is 5.14 Å². The molecule has 1 aromatic rings. The molecule has 0 saturated carbocycles. The van der Waals surface area contributed by atoms with Gasteiger partial charge in [-0.1, -0.05) is 11.6 Å². The fourth-order valence-electron chi connectivity index (χ4n) is 1.81. The highest BCUT2D eigenvalue weighted by molar-refractivity contribution is 7.90. The number of fused-ring (bicyclic) bond motifs is 1. The van der Waals surface area contributed by atoms with Crippen molar-refractivity contribution >= 4 is 48.9 Å². The topological polar surface area (TPSA) is 110 Å². The van der Waals surface area contributed by atoms with Gasteiger partial charge in [0.15, 0.2) is 0 Å². The van der Waals surface area contributed by atoms with Gasteiger partial charge in [0.25, 0.3) is 0 Å². The first-order valence-electron chi connectivity index (χ1n) is 5.26. The van der Waals surface area contributed by atoms with Crippen LogP contribution in [0.3, 0.4) is 0 Å². The van der Waals surface area contributed by atoms with E-state index in [0.717, 1.165) is 10.4 Å². The van der Waals surface area contributed by atoms with Gasteiger partial charge in [-0.2, -0.15) is 4.31 Å². The Morgan fingerprint density at radius 3 is 2.55 bits per heavy atom.